The van der Waals surface area contributed by atoms with Crippen molar-refractivity contribution in [2.75, 3.05) is 20.8 Å². The maximum Gasteiger partial charge on any atom is 0.226 e. The number of benzene rings is 1. The molecule has 0 aliphatic carbocycles. The largest absolute Gasteiger partial charge is 0.493 e. The highest BCUT2D eigenvalue weighted by molar-refractivity contribution is 5.83. The Bertz CT molecular complexity index is 470. The van der Waals surface area contributed by atoms with E-state index in [-0.39, 0.29) is 17.9 Å². The molecule has 2 rings (SSSR count). The first-order valence-electron chi connectivity index (χ1n) is 6.92. The van der Waals surface area contributed by atoms with Gasteiger partial charge in [0.2, 0.25) is 5.91 Å². The molecule has 1 saturated heterocycles. The second-order valence-corrected chi connectivity index (χ2v) is 5.05. The molecule has 1 fully saturated rings. The third kappa shape index (κ3) is 3.04. The van der Waals surface area contributed by atoms with Crippen molar-refractivity contribution >= 4 is 5.91 Å². The van der Waals surface area contributed by atoms with Gasteiger partial charge in [0.25, 0.3) is 0 Å². The molecule has 0 unspecified atom stereocenters. The molecular formula is C15H22N2O3. The van der Waals surface area contributed by atoms with E-state index in [9.17, 15) is 4.79 Å². The van der Waals surface area contributed by atoms with Gasteiger partial charge < -0.3 is 20.5 Å². The van der Waals surface area contributed by atoms with Gasteiger partial charge in [-0.05, 0) is 37.1 Å². The molecule has 1 heterocycles. The fourth-order valence-electron chi connectivity index (χ4n) is 2.80. The molecule has 1 aliphatic heterocycles. The highest BCUT2D eigenvalue weighted by atomic mass is 16.5. The van der Waals surface area contributed by atoms with Gasteiger partial charge in [-0.3, -0.25) is 4.79 Å². The Hall–Kier alpha value is -1.75. The SMILES string of the molecule is COc1ccc([C@H](C(N)=O)[C@H]2CCCCN2)cc1OC. The summed E-state index contributed by atoms with van der Waals surface area (Å²) < 4.78 is 10.5. The topological polar surface area (TPSA) is 73.6 Å². The second-order valence-electron chi connectivity index (χ2n) is 5.05. The van der Waals surface area contributed by atoms with Crippen LogP contribution in [0.2, 0.25) is 0 Å². The van der Waals surface area contributed by atoms with Gasteiger partial charge in [-0.2, -0.15) is 0 Å². The zero-order valence-electron chi connectivity index (χ0n) is 12.0. The van der Waals surface area contributed by atoms with Gasteiger partial charge in [-0.1, -0.05) is 12.5 Å². The maximum absolute atomic E-state index is 11.9. The van der Waals surface area contributed by atoms with Crippen LogP contribution in [-0.2, 0) is 4.79 Å². The van der Waals surface area contributed by atoms with Crippen LogP contribution in [0.3, 0.4) is 0 Å². The van der Waals surface area contributed by atoms with Crippen LogP contribution >= 0.6 is 0 Å². The number of nitrogens with one attached hydrogen (secondary N) is 1. The summed E-state index contributed by atoms with van der Waals surface area (Å²) in [7, 11) is 3.17. The molecular weight excluding hydrogens is 256 g/mol. The molecule has 110 valence electrons. The quantitative estimate of drug-likeness (QED) is 0.854. The van der Waals surface area contributed by atoms with Crippen LogP contribution in [-0.4, -0.2) is 32.7 Å². The molecule has 5 heteroatoms. The van der Waals surface area contributed by atoms with Crippen molar-refractivity contribution in [3.05, 3.63) is 23.8 Å². The second kappa shape index (κ2) is 6.61. The van der Waals surface area contributed by atoms with Crippen molar-refractivity contribution in [1.29, 1.82) is 0 Å². The average Bonchev–Trinajstić information content (AvgIpc) is 2.48. The summed E-state index contributed by atoms with van der Waals surface area (Å²) in [6, 6.07) is 5.63. The summed E-state index contributed by atoms with van der Waals surface area (Å²) >= 11 is 0. The van der Waals surface area contributed by atoms with E-state index in [2.05, 4.69) is 5.32 Å². The molecule has 0 saturated carbocycles. The minimum Gasteiger partial charge on any atom is -0.493 e. The minimum atomic E-state index is -0.338. The normalized spacial score (nSPS) is 20.2. The molecule has 0 radical (unpaired) electrons. The fraction of sp³-hybridized carbons (Fsp3) is 0.533. The molecule has 1 aliphatic rings. The lowest BCUT2D eigenvalue weighted by molar-refractivity contribution is -0.120. The van der Waals surface area contributed by atoms with Crippen LogP contribution in [0, 0.1) is 0 Å². The van der Waals surface area contributed by atoms with E-state index in [1.54, 1.807) is 14.2 Å². The Morgan fingerprint density at radius 2 is 2.05 bits per heavy atom. The standard InChI is InChI=1S/C15H22N2O3/c1-19-12-7-6-10(9-13(12)20-2)14(15(16)18)11-5-3-4-8-17-11/h6-7,9,11,14,17H,3-5,8H2,1-2H3,(H2,16,18)/t11-,14+/m1/s1. The molecule has 20 heavy (non-hydrogen) atoms. The van der Waals surface area contributed by atoms with Crippen LogP contribution in [0.1, 0.15) is 30.7 Å². The predicted octanol–water partition coefficient (Wildman–Crippen LogP) is 1.41. The first-order chi connectivity index (χ1) is 9.67. The van der Waals surface area contributed by atoms with E-state index >= 15 is 0 Å². The Labute approximate surface area is 119 Å². The molecule has 0 aromatic heterocycles. The zero-order valence-corrected chi connectivity index (χ0v) is 12.0. The van der Waals surface area contributed by atoms with E-state index in [4.69, 9.17) is 15.2 Å². The lowest BCUT2D eigenvalue weighted by Gasteiger charge is -2.30. The van der Waals surface area contributed by atoms with Crippen LogP contribution < -0.4 is 20.5 Å². The molecule has 1 aromatic rings. The molecule has 0 spiro atoms. The van der Waals surface area contributed by atoms with Gasteiger partial charge >= 0.3 is 0 Å². The van der Waals surface area contributed by atoms with Gasteiger partial charge in [-0.15, -0.1) is 0 Å². The summed E-state index contributed by atoms with van der Waals surface area (Å²) in [5.74, 6) is 0.620. The number of hydrogen-bond acceptors (Lipinski definition) is 4. The van der Waals surface area contributed by atoms with E-state index in [0.717, 1.165) is 31.4 Å². The Kier molecular flexibility index (Phi) is 4.84. The molecule has 1 aromatic carbocycles. The molecule has 5 nitrogen and oxygen atoms in total. The van der Waals surface area contributed by atoms with Gasteiger partial charge in [0.05, 0.1) is 20.1 Å². The number of nitrogens with two attached hydrogens (primary N) is 1. The van der Waals surface area contributed by atoms with Crippen molar-refractivity contribution in [2.45, 2.75) is 31.2 Å². The van der Waals surface area contributed by atoms with E-state index in [1.165, 1.54) is 0 Å². The predicted molar refractivity (Wildman–Crippen MR) is 77.1 cm³/mol. The van der Waals surface area contributed by atoms with E-state index < -0.39 is 0 Å². The van der Waals surface area contributed by atoms with Gasteiger partial charge in [-0.25, -0.2) is 0 Å². The third-order valence-corrected chi connectivity index (χ3v) is 3.82. The van der Waals surface area contributed by atoms with Crippen LogP contribution in [0.15, 0.2) is 18.2 Å². The monoisotopic (exact) mass is 278 g/mol. The lowest BCUT2D eigenvalue weighted by atomic mass is 9.86. The average molecular weight is 278 g/mol. The number of primary amides is 1. The fourth-order valence-corrected chi connectivity index (χ4v) is 2.80. The zero-order chi connectivity index (χ0) is 14.5. The van der Waals surface area contributed by atoms with Crippen molar-refractivity contribution in [3.63, 3.8) is 0 Å². The maximum atomic E-state index is 11.9. The summed E-state index contributed by atoms with van der Waals surface area (Å²) in [5.41, 5.74) is 6.48. The van der Waals surface area contributed by atoms with Gasteiger partial charge in [0.1, 0.15) is 0 Å². The minimum absolute atomic E-state index is 0.0966. The highest BCUT2D eigenvalue weighted by Gasteiger charge is 2.29. The number of methoxy groups -OCH3 is 2. The Balaban J connectivity index is 2.31. The Morgan fingerprint density at radius 3 is 2.60 bits per heavy atom. The van der Waals surface area contributed by atoms with E-state index in [0.29, 0.717) is 11.5 Å². The summed E-state index contributed by atoms with van der Waals surface area (Å²) in [4.78, 5) is 11.9. The number of piperidine rings is 1. The number of hydrogen-bond donors (Lipinski definition) is 2. The number of ether oxygens (including phenoxy) is 2. The molecule has 3 N–H and O–H groups in total. The van der Waals surface area contributed by atoms with Crippen molar-refractivity contribution < 1.29 is 14.3 Å². The number of carbonyl (C=O) groups excluding carboxylic acids is 1. The number of amides is 1. The smallest absolute Gasteiger partial charge is 0.226 e. The highest BCUT2D eigenvalue weighted by Crippen LogP contribution is 2.33. The van der Waals surface area contributed by atoms with E-state index in [1.807, 2.05) is 18.2 Å². The van der Waals surface area contributed by atoms with Crippen molar-refractivity contribution in [2.24, 2.45) is 5.73 Å². The van der Waals surface area contributed by atoms with Crippen LogP contribution in [0.25, 0.3) is 0 Å². The first-order valence-corrected chi connectivity index (χ1v) is 6.92. The molecule has 0 bridgehead atoms. The Morgan fingerprint density at radius 1 is 1.30 bits per heavy atom. The van der Waals surface area contributed by atoms with Crippen LogP contribution in [0.5, 0.6) is 11.5 Å². The third-order valence-electron chi connectivity index (χ3n) is 3.82. The summed E-state index contributed by atoms with van der Waals surface area (Å²) in [6.45, 7) is 0.932. The molecule has 2 atom stereocenters. The van der Waals surface area contributed by atoms with Gasteiger partial charge in [0, 0.05) is 6.04 Å². The first kappa shape index (κ1) is 14.7. The number of rotatable bonds is 5. The lowest BCUT2D eigenvalue weighted by Crippen LogP contribution is -2.43. The molecule has 1 amide bonds. The summed E-state index contributed by atoms with van der Waals surface area (Å²) in [6.07, 6.45) is 3.23. The summed E-state index contributed by atoms with van der Waals surface area (Å²) in [5, 5.41) is 3.39. The number of carbonyl (C=O) groups is 1. The van der Waals surface area contributed by atoms with Gasteiger partial charge in [0.15, 0.2) is 11.5 Å². The van der Waals surface area contributed by atoms with Crippen LogP contribution in [0.4, 0.5) is 0 Å². The van der Waals surface area contributed by atoms with Crippen molar-refractivity contribution in [3.8, 4) is 11.5 Å². The van der Waals surface area contributed by atoms with Crippen molar-refractivity contribution in [1.82, 2.24) is 5.32 Å².